The second-order valence-corrected chi connectivity index (χ2v) is 6.16. The second-order valence-electron chi connectivity index (χ2n) is 5.29. The number of aromatic nitrogens is 2. The maximum absolute atomic E-state index is 12.3. The van der Waals surface area contributed by atoms with E-state index in [0.717, 1.165) is 17.3 Å². The molecule has 2 heterocycles. The Balaban J connectivity index is 2.13. The molecule has 114 valence electrons. The number of nitrogens with zero attached hydrogens (tertiary/aromatic N) is 2. The molecule has 0 aliphatic carbocycles. The summed E-state index contributed by atoms with van der Waals surface area (Å²) in [5.74, 6) is 2.79. The quantitative estimate of drug-likeness (QED) is 0.891. The number of hydrogen-bond donors (Lipinski definition) is 1. The number of nitrogens with one attached hydrogen (secondary N) is 1. The standard InChI is InChI=1S/C15H21N3O2S/c1-10(2)13(14-16-7-8-18(14)3)17-15(19)12-6-5-11(20-12)9-21-4/h5-8,10,13H,9H2,1-4H3,(H,17,19)/t13-/m1/s1. The van der Waals surface area contributed by atoms with Crippen molar-refractivity contribution >= 4 is 17.7 Å². The minimum Gasteiger partial charge on any atom is -0.455 e. The van der Waals surface area contributed by atoms with Gasteiger partial charge in [-0.15, -0.1) is 0 Å². The van der Waals surface area contributed by atoms with Gasteiger partial charge in [0.1, 0.15) is 11.6 Å². The fraction of sp³-hybridized carbons (Fsp3) is 0.467. The minimum absolute atomic E-state index is 0.147. The van der Waals surface area contributed by atoms with Crippen molar-refractivity contribution in [3.05, 3.63) is 41.9 Å². The molecule has 0 fully saturated rings. The highest BCUT2D eigenvalue weighted by molar-refractivity contribution is 7.97. The summed E-state index contributed by atoms with van der Waals surface area (Å²) in [7, 11) is 1.92. The average Bonchev–Trinajstić information content (AvgIpc) is 3.05. The molecule has 0 aromatic carbocycles. The summed E-state index contributed by atoms with van der Waals surface area (Å²) < 4.78 is 7.48. The Morgan fingerprint density at radius 2 is 2.24 bits per heavy atom. The summed E-state index contributed by atoms with van der Waals surface area (Å²) in [5, 5.41) is 3.01. The molecule has 0 radical (unpaired) electrons. The van der Waals surface area contributed by atoms with Crippen LogP contribution in [-0.2, 0) is 12.8 Å². The third kappa shape index (κ3) is 3.69. The number of aryl methyl sites for hydroxylation is 1. The Morgan fingerprint density at radius 3 is 2.81 bits per heavy atom. The second kappa shape index (κ2) is 6.85. The van der Waals surface area contributed by atoms with Crippen LogP contribution >= 0.6 is 11.8 Å². The maximum atomic E-state index is 12.3. The number of rotatable bonds is 6. The lowest BCUT2D eigenvalue weighted by molar-refractivity contribution is 0.0892. The van der Waals surface area contributed by atoms with E-state index in [1.54, 1.807) is 24.0 Å². The lowest BCUT2D eigenvalue weighted by Gasteiger charge is -2.21. The van der Waals surface area contributed by atoms with Gasteiger partial charge in [0.05, 0.1) is 11.8 Å². The van der Waals surface area contributed by atoms with Gasteiger partial charge < -0.3 is 14.3 Å². The highest BCUT2D eigenvalue weighted by Gasteiger charge is 2.23. The van der Waals surface area contributed by atoms with E-state index in [1.165, 1.54) is 0 Å². The first kappa shape index (κ1) is 15.7. The number of hydrogen-bond acceptors (Lipinski definition) is 4. The highest BCUT2D eigenvalue weighted by Crippen LogP contribution is 2.21. The smallest absolute Gasteiger partial charge is 0.287 e. The van der Waals surface area contributed by atoms with Crippen LogP contribution in [0.2, 0.25) is 0 Å². The van der Waals surface area contributed by atoms with E-state index in [9.17, 15) is 4.79 Å². The summed E-state index contributed by atoms with van der Waals surface area (Å²) in [6.45, 7) is 4.11. The minimum atomic E-state index is -0.205. The zero-order valence-corrected chi connectivity index (χ0v) is 13.6. The Morgan fingerprint density at radius 1 is 1.48 bits per heavy atom. The summed E-state index contributed by atoms with van der Waals surface area (Å²) >= 11 is 1.66. The van der Waals surface area contributed by atoms with Crippen LogP contribution in [0, 0.1) is 5.92 Å². The number of carbonyl (C=O) groups is 1. The molecule has 2 aromatic rings. The number of carbonyl (C=O) groups excluding carboxylic acids is 1. The molecule has 6 heteroatoms. The molecule has 0 bridgehead atoms. The van der Waals surface area contributed by atoms with Crippen LogP contribution < -0.4 is 5.32 Å². The summed E-state index contributed by atoms with van der Waals surface area (Å²) in [4.78, 5) is 16.7. The van der Waals surface area contributed by atoms with Crippen LogP contribution in [0.1, 0.15) is 42.0 Å². The molecule has 21 heavy (non-hydrogen) atoms. The van der Waals surface area contributed by atoms with E-state index in [2.05, 4.69) is 24.1 Å². The Kier molecular flexibility index (Phi) is 5.12. The van der Waals surface area contributed by atoms with Crippen molar-refractivity contribution in [3.8, 4) is 0 Å². The van der Waals surface area contributed by atoms with Crippen molar-refractivity contribution in [1.82, 2.24) is 14.9 Å². The van der Waals surface area contributed by atoms with E-state index in [1.807, 2.05) is 30.1 Å². The molecule has 1 N–H and O–H groups in total. The van der Waals surface area contributed by atoms with Crippen LogP contribution in [0.5, 0.6) is 0 Å². The predicted octanol–water partition coefficient (Wildman–Crippen LogP) is 3.00. The monoisotopic (exact) mass is 307 g/mol. The molecular formula is C15H21N3O2S. The molecule has 0 aliphatic heterocycles. The number of thioether (sulfide) groups is 1. The third-order valence-corrected chi connectivity index (χ3v) is 3.84. The van der Waals surface area contributed by atoms with Crippen LogP contribution in [0.25, 0.3) is 0 Å². The van der Waals surface area contributed by atoms with Gasteiger partial charge in [-0.3, -0.25) is 4.79 Å². The van der Waals surface area contributed by atoms with E-state index in [4.69, 9.17) is 4.42 Å². The molecule has 0 unspecified atom stereocenters. The largest absolute Gasteiger partial charge is 0.455 e. The highest BCUT2D eigenvalue weighted by atomic mass is 32.2. The van der Waals surface area contributed by atoms with Crippen molar-refractivity contribution < 1.29 is 9.21 Å². The van der Waals surface area contributed by atoms with Crippen molar-refractivity contribution in [2.75, 3.05) is 6.26 Å². The van der Waals surface area contributed by atoms with Gasteiger partial charge >= 0.3 is 0 Å². The van der Waals surface area contributed by atoms with Gasteiger partial charge in [-0.2, -0.15) is 11.8 Å². The zero-order chi connectivity index (χ0) is 15.4. The Labute approximate surface area is 129 Å². The molecule has 0 saturated heterocycles. The summed E-state index contributed by atoms with van der Waals surface area (Å²) in [5.41, 5.74) is 0. The Bertz CT molecular complexity index is 604. The van der Waals surface area contributed by atoms with E-state index < -0.39 is 0 Å². The van der Waals surface area contributed by atoms with Crippen molar-refractivity contribution in [2.24, 2.45) is 13.0 Å². The zero-order valence-electron chi connectivity index (χ0n) is 12.8. The lowest BCUT2D eigenvalue weighted by atomic mass is 10.0. The number of imidazole rings is 1. The SMILES string of the molecule is CSCc1ccc(C(=O)N[C@@H](c2nccn2C)C(C)C)o1. The van der Waals surface area contributed by atoms with Gasteiger partial charge in [-0.05, 0) is 24.3 Å². The van der Waals surface area contributed by atoms with E-state index >= 15 is 0 Å². The number of amides is 1. The van der Waals surface area contributed by atoms with Crippen molar-refractivity contribution in [3.63, 3.8) is 0 Å². The van der Waals surface area contributed by atoms with Crippen LogP contribution in [-0.4, -0.2) is 21.7 Å². The fourth-order valence-electron chi connectivity index (χ4n) is 2.14. The topological polar surface area (TPSA) is 60.1 Å². The van der Waals surface area contributed by atoms with Crippen molar-refractivity contribution in [1.29, 1.82) is 0 Å². The molecular weight excluding hydrogens is 286 g/mol. The first-order valence-electron chi connectivity index (χ1n) is 6.88. The van der Waals surface area contributed by atoms with Gasteiger partial charge in [-0.1, -0.05) is 13.8 Å². The van der Waals surface area contributed by atoms with E-state index in [0.29, 0.717) is 5.76 Å². The molecule has 2 aromatic heterocycles. The average molecular weight is 307 g/mol. The first-order valence-corrected chi connectivity index (χ1v) is 8.28. The fourth-order valence-corrected chi connectivity index (χ4v) is 2.58. The normalized spacial score (nSPS) is 12.6. The lowest BCUT2D eigenvalue weighted by Crippen LogP contribution is -2.33. The summed E-state index contributed by atoms with van der Waals surface area (Å²) in [6, 6.07) is 3.42. The van der Waals surface area contributed by atoms with Crippen LogP contribution in [0.15, 0.2) is 28.9 Å². The summed E-state index contributed by atoms with van der Waals surface area (Å²) in [6.07, 6.45) is 5.61. The van der Waals surface area contributed by atoms with E-state index in [-0.39, 0.29) is 17.9 Å². The van der Waals surface area contributed by atoms with Crippen molar-refractivity contribution in [2.45, 2.75) is 25.6 Å². The first-order chi connectivity index (χ1) is 10.0. The van der Waals surface area contributed by atoms with Gasteiger partial charge in [0, 0.05) is 19.4 Å². The molecule has 1 amide bonds. The van der Waals surface area contributed by atoms with Crippen LogP contribution in [0.4, 0.5) is 0 Å². The number of furan rings is 1. The van der Waals surface area contributed by atoms with Gasteiger partial charge in [0.25, 0.3) is 5.91 Å². The molecule has 0 aliphatic rings. The molecule has 2 rings (SSSR count). The molecule has 1 atom stereocenters. The maximum Gasteiger partial charge on any atom is 0.287 e. The van der Waals surface area contributed by atoms with Gasteiger partial charge in [0.15, 0.2) is 5.76 Å². The van der Waals surface area contributed by atoms with Gasteiger partial charge in [0.2, 0.25) is 0 Å². The third-order valence-electron chi connectivity index (χ3n) is 3.26. The molecule has 0 spiro atoms. The van der Waals surface area contributed by atoms with Gasteiger partial charge in [-0.25, -0.2) is 4.98 Å². The molecule has 5 nitrogen and oxygen atoms in total. The predicted molar refractivity (Wildman–Crippen MR) is 84.2 cm³/mol. The molecule has 0 saturated carbocycles. The van der Waals surface area contributed by atoms with Crippen LogP contribution in [0.3, 0.4) is 0 Å². The Hall–Kier alpha value is -1.69.